The Morgan fingerprint density at radius 1 is 1.42 bits per heavy atom. The standard InChI is InChI=1S/C17H23N5O.HI/c1-18-17(20-11-14-6-9-21(2)12-14)22-10-7-15(13-22)23-16-5-3-4-8-19-16;/h3-6,8-9,12,15H,7,10-11,13H2,1-2H3,(H,18,20);1H. The molecule has 1 saturated heterocycles. The quantitative estimate of drug-likeness (QED) is 0.450. The lowest BCUT2D eigenvalue weighted by molar-refractivity contribution is 0.205. The lowest BCUT2D eigenvalue weighted by Crippen LogP contribution is -2.40. The van der Waals surface area contributed by atoms with Gasteiger partial charge in [-0.25, -0.2) is 4.98 Å². The van der Waals surface area contributed by atoms with E-state index in [4.69, 9.17) is 4.74 Å². The smallest absolute Gasteiger partial charge is 0.213 e. The third-order valence-electron chi connectivity index (χ3n) is 3.93. The Kier molecular flexibility index (Phi) is 6.89. The van der Waals surface area contributed by atoms with Gasteiger partial charge in [-0.05, 0) is 17.7 Å². The van der Waals surface area contributed by atoms with Gasteiger partial charge in [0.2, 0.25) is 5.88 Å². The van der Waals surface area contributed by atoms with Crippen molar-refractivity contribution >= 4 is 29.9 Å². The van der Waals surface area contributed by atoms with Crippen LogP contribution >= 0.6 is 24.0 Å². The van der Waals surface area contributed by atoms with Crippen molar-refractivity contribution in [3.8, 4) is 5.88 Å². The summed E-state index contributed by atoms with van der Waals surface area (Å²) in [5, 5.41) is 3.42. The monoisotopic (exact) mass is 441 g/mol. The van der Waals surface area contributed by atoms with Gasteiger partial charge in [0.15, 0.2) is 5.96 Å². The molecule has 2 aromatic heterocycles. The molecule has 24 heavy (non-hydrogen) atoms. The molecular formula is C17H24IN5O. The first kappa shape index (κ1) is 18.6. The van der Waals surface area contributed by atoms with Crippen molar-refractivity contribution < 1.29 is 4.74 Å². The van der Waals surface area contributed by atoms with Crippen LogP contribution in [-0.2, 0) is 13.6 Å². The van der Waals surface area contributed by atoms with Crippen molar-refractivity contribution in [2.45, 2.75) is 19.1 Å². The zero-order valence-corrected chi connectivity index (χ0v) is 16.4. The molecule has 3 heterocycles. The number of guanidine groups is 1. The lowest BCUT2D eigenvalue weighted by atomic mass is 10.3. The first-order chi connectivity index (χ1) is 11.2. The summed E-state index contributed by atoms with van der Waals surface area (Å²) in [5.74, 6) is 1.60. The Morgan fingerprint density at radius 2 is 2.29 bits per heavy atom. The van der Waals surface area contributed by atoms with Crippen LogP contribution in [-0.4, -0.2) is 46.7 Å². The van der Waals surface area contributed by atoms with Gasteiger partial charge in [-0.3, -0.25) is 4.99 Å². The van der Waals surface area contributed by atoms with E-state index in [2.05, 4.69) is 32.5 Å². The molecule has 0 radical (unpaired) electrons. The average Bonchev–Trinajstić information content (AvgIpc) is 3.19. The minimum absolute atomic E-state index is 0. The number of likely N-dealkylation sites (tertiary alicyclic amines) is 1. The van der Waals surface area contributed by atoms with Gasteiger partial charge in [-0.2, -0.15) is 0 Å². The Morgan fingerprint density at radius 3 is 2.96 bits per heavy atom. The molecule has 0 bridgehead atoms. The van der Waals surface area contributed by atoms with Crippen molar-refractivity contribution in [3.63, 3.8) is 0 Å². The van der Waals surface area contributed by atoms with Crippen molar-refractivity contribution in [3.05, 3.63) is 48.4 Å². The molecular weight excluding hydrogens is 417 g/mol. The van der Waals surface area contributed by atoms with Crippen LogP contribution in [0.1, 0.15) is 12.0 Å². The second-order valence-corrected chi connectivity index (χ2v) is 5.73. The first-order valence-corrected chi connectivity index (χ1v) is 7.89. The highest BCUT2D eigenvalue weighted by Gasteiger charge is 2.26. The number of pyridine rings is 1. The maximum absolute atomic E-state index is 5.93. The van der Waals surface area contributed by atoms with Gasteiger partial charge >= 0.3 is 0 Å². The molecule has 0 aliphatic carbocycles. The topological polar surface area (TPSA) is 54.7 Å². The summed E-state index contributed by atoms with van der Waals surface area (Å²) < 4.78 is 7.98. The number of aryl methyl sites for hydroxylation is 1. The number of nitrogens with zero attached hydrogens (tertiary/aromatic N) is 4. The van der Waals surface area contributed by atoms with Crippen LogP contribution in [0.4, 0.5) is 0 Å². The summed E-state index contributed by atoms with van der Waals surface area (Å²) in [6.45, 7) is 2.53. The molecule has 2 aromatic rings. The molecule has 3 rings (SSSR count). The maximum atomic E-state index is 5.93. The van der Waals surface area contributed by atoms with Crippen molar-refractivity contribution in [1.29, 1.82) is 0 Å². The molecule has 1 aliphatic rings. The number of aromatic nitrogens is 2. The van der Waals surface area contributed by atoms with Crippen molar-refractivity contribution in [2.24, 2.45) is 12.0 Å². The zero-order valence-electron chi connectivity index (χ0n) is 14.1. The second-order valence-electron chi connectivity index (χ2n) is 5.73. The molecule has 0 spiro atoms. The van der Waals surface area contributed by atoms with E-state index in [1.54, 1.807) is 6.20 Å². The number of hydrogen-bond donors (Lipinski definition) is 1. The molecule has 1 unspecified atom stereocenters. The predicted molar refractivity (Wildman–Crippen MR) is 106 cm³/mol. The second kappa shape index (κ2) is 8.91. The fourth-order valence-electron chi connectivity index (χ4n) is 2.78. The van der Waals surface area contributed by atoms with E-state index in [-0.39, 0.29) is 30.1 Å². The van der Waals surface area contributed by atoms with Crippen LogP contribution in [0.5, 0.6) is 5.88 Å². The van der Waals surface area contributed by atoms with Crippen molar-refractivity contribution in [2.75, 3.05) is 20.1 Å². The molecule has 6 nitrogen and oxygen atoms in total. The van der Waals surface area contributed by atoms with Crippen LogP contribution in [0, 0.1) is 0 Å². The number of ether oxygens (including phenoxy) is 1. The fraction of sp³-hybridized carbons (Fsp3) is 0.412. The summed E-state index contributed by atoms with van der Waals surface area (Å²) in [6.07, 6.45) is 7.04. The van der Waals surface area contributed by atoms with Gasteiger partial charge in [0.1, 0.15) is 6.10 Å². The average molecular weight is 441 g/mol. The molecule has 1 fully saturated rings. The normalized spacial score (nSPS) is 17.5. The predicted octanol–water partition coefficient (Wildman–Crippen LogP) is 2.27. The number of rotatable bonds is 4. The van der Waals surface area contributed by atoms with Gasteiger partial charge in [0, 0.05) is 58.3 Å². The highest BCUT2D eigenvalue weighted by atomic mass is 127. The summed E-state index contributed by atoms with van der Waals surface area (Å²) in [6, 6.07) is 7.83. The fourth-order valence-corrected chi connectivity index (χ4v) is 2.78. The highest BCUT2D eigenvalue weighted by molar-refractivity contribution is 14.0. The minimum Gasteiger partial charge on any atom is -0.472 e. The van der Waals surface area contributed by atoms with E-state index in [1.807, 2.05) is 43.1 Å². The van der Waals surface area contributed by atoms with Crippen LogP contribution in [0.2, 0.25) is 0 Å². The summed E-state index contributed by atoms with van der Waals surface area (Å²) in [4.78, 5) is 10.8. The van der Waals surface area contributed by atoms with Crippen LogP contribution in [0.25, 0.3) is 0 Å². The molecule has 0 saturated carbocycles. The SMILES string of the molecule is CN=C(NCc1ccn(C)c1)N1CCC(Oc2ccccn2)C1.I. The number of halogens is 1. The zero-order chi connectivity index (χ0) is 16.1. The Balaban J connectivity index is 0.00000208. The maximum Gasteiger partial charge on any atom is 0.213 e. The number of aliphatic imine (C=N–C) groups is 1. The molecule has 1 atom stereocenters. The molecule has 1 N–H and O–H groups in total. The Bertz CT molecular complexity index is 658. The van der Waals surface area contributed by atoms with E-state index in [0.717, 1.165) is 32.0 Å². The molecule has 7 heteroatoms. The molecule has 0 aromatic carbocycles. The third-order valence-corrected chi connectivity index (χ3v) is 3.93. The van der Waals surface area contributed by atoms with Crippen LogP contribution in [0.3, 0.4) is 0 Å². The van der Waals surface area contributed by atoms with Crippen LogP contribution in [0.15, 0.2) is 47.8 Å². The van der Waals surface area contributed by atoms with Gasteiger partial charge in [-0.1, -0.05) is 6.07 Å². The minimum atomic E-state index is 0. The lowest BCUT2D eigenvalue weighted by Gasteiger charge is -2.21. The molecule has 130 valence electrons. The number of hydrogen-bond acceptors (Lipinski definition) is 3. The highest BCUT2D eigenvalue weighted by Crippen LogP contribution is 2.16. The van der Waals surface area contributed by atoms with E-state index >= 15 is 0 Å². The molecule has 0 amide bonds. The van der Waals surface area contributed by atoms with Gasteiger partial charge in [0.25, 0.3) is 0 Å². The largest absolute Gasteiger partial charge is 0.472 e. The van der Waals surface area contributed by atoms with E-state index in [0.29, 0.717) is 5.88 Å². The van der Waals surface area contributed by atoms with Gasteiger partial charge in [-0.15, -0.1) is 24.0 Å². The van der Waals surface area contributed by atoms with E-state index < -0.39 is 0 Å². The van der Waals surface area contributed by atoms with Crippen LogP contribution < -0.4 is 10.1 Å². The van der Waals surface area contributed by atoms with Gasteiger partial charge < -0.3 is 19.5 Å². The Hall–Kier alpha value is -1.77. The number of nitrogens with one attached hydrogen (secondary N) is 1. The van der Waals surface area contributed by atoms with E-state index in [9.17, 15) is 0 Å². The van der Waals surface area contributed by atoms with Crippen molar-refractivity contribution in [1.82, 2.24) is 19.8 Å². The van der Waals surface area contributed by atoms with E-state index in [1.165, 1.54) is 5.56 Å². The summed E-state index contributed by atoms with van der Waals surface area (Å²) >= 11 is 0. The summed E-state index contributed by atoms with van der Waals surface area (Å²) in [7, 11) is 3.85. The first-order valence-electron chi connectivity index (χ1n) is 7.89. The summed E-state index contributed by atoms with van der Waals surface area (Å²) in [5.41, 5.74) is 1.24. The Labute approximate surface area is 160 Å². The third kappa shape index (κ3) is 4.86. The van der Waals surface area contributed by atoms with Gasteiger partial charge in [0.05, 0.1) is 6.54 Å². The molecule has 1 aliphatic heterocycles.